The molecule has 90 valence electrons. The fraction of sp³-hybridized carbons (Fsp3) is 0.636. The predicted molar refractivity (Wildman–Crippen MR) is 57.5 cm³/mol. The Morgan fingerprint density at radius 3 is 2.56 bits per heavy atom. The third-order valence-corrected chi connectivity index (χ3v) is 2.89. The van der Waals surface area contributed by atoms with Crippen molar-refractivity contribution in [2.45, 2.75) is 39.7 Å². The number of carbonyl (C=O) groups is 2. The first-order valence-corrected chi connectivity index (χ1v) is 5.20. The highest BCUT2D eigenvalue weighted by Gasteiger charge is 2.41. The Morgan fingerprint density at radius 1 is 1.56 bits per heavy atom. The summed E-state index contributed by atoms with van der Waals surface area (Å²) in [5.41, 5.74) is -0.710. The van der Waals surface area contributed by atoms with Crippen LogP contribution >= 0.6 is 0 Å². The predicted octanol–water partition coefficient (Wildman–Crippen LogP) is 1.35. The van der Waals surface area contributed by atoms with E-state index in [1.54, 1.807) is 6.92 Å². The van der Waals surface area contributed by atoms with Crippen LogP contribution < -0.4 is 0 Å². The molecule has 16 heavy (non-hydrogen) atoms. The average Bonchev–Trinajstić information content (AvgIpc) is 2.17. The topological polar surface area (TPSA) is 66.8 Å². The van der Waals surface area contributed by atoms with Gasteiger partial charge in [-0.2, -0.15) is 0 Å². The van der Waals surface area contributed by atoms with E-state index in [0.29, 0.717) is 17.8 Å². The lowest BCUT2D eigenvalue weighted by Gasteiger charge is -2.38. The zero-order valence-corrected chi connectivity index (χ0v) is 10.0. The van der Waals surface area contributed by atoms with E-state index in [2.05, 4.69) is 0 Å². The maximum Gasteiger partial charge on any atom is 0.329 e. The van der Waals surface area contributed by atoms with Crippen molar-refractivity contribution in [1.29, 1.82) is 0 Å². The molecule has 0 saturated carbocycles. The van der Waals surface area contributed by atoms with Gasteiger partial charge in [0.2, 0.25) is 0 Å². The van der Waals surface area contributed by atoms with Gasteiger partial charge in [-0.15, -0.1) is 0 Å². The fourth-order valence-electron chi connectivity index (χ4n) is 1.55. The molecule has 0 atom stereocenters. The number of hydrogen-bond acceptors (Lipinski definition) is 3. The molecule has 1 amide bonds. The lowest BCUT2D eigenvalue weighted by atomic mass is 10.0. The summed E-state index contributed by atoms with van der Waals surface area (Å²) in [6.07, 6.45) is 0.539. The van der Waals surface area contributed by atoms with Crippen LogP contribution in [0.15, 0.2) is 11.3 Å². The minimum atomic E-state index is -1.25. The maximum absolute atomic E-state index is 12.0. The highest BCUT2D eigenvalue weighted by atomic mass is 16.5. The van der Waals surface area contributed by atoms with Crippen molar-refractivity contribution in [2.24, 2.45) is 0 Å². The maximum atomic E-state index is 12.0. The average molecular weight is 227 g/mol. The summed E-state index contributed by atoms with van der Waals surface area (Å²) in [7, 11) is 0. The molecule has 0 radical (unpaired) electrons. The number of amides is 1. The summed E-state index contributed by atoms with van der Waals surface area (Å²) in [5, 5.41) is 9.07. The van der Waals surface area contributed by atoms with E-state index in [9.17, 15) is 9.59 Å². The normalized spacial score (nSPS) is 17.5. The molecule has 0 aromatic heterocycles. The molecule has 1 aliphatic rings. The van der Waals surface area contributed by atoms with Gasteiger partial charge >= 0.3 is 5.97 Å². The first kappa shape index (κ1) is 12.5. The van der Waals surface area contributed by atoms with E-state index in [1.165, 1.54) is 18.7 Å². The van der Waals surface area contributed by atoms with Crippen molar-refractivity contribution >= 4 is 11.9 Å². The zero-order chi connectivity index (χ0) is 12.5. The highest BCUT2D eigenvalue weighted by Crippen LogP contribution is 2.25. The van der Waals surface area contributed by atoms with Gasteiger partial charge in [0.15, 0.2) is 6.73 Å². The van der Waals surface area contributed by atoms with Gasteiger partial charge in [-0.1, -0.05) is 6.92 Å². The Labute approximate surface area is 94.7 Å². The number of carboxylic acids is 1. The molecule has 5 heteroatoms. The van der Waals surface area contributed by atoms with E-state index < -0.39 is 11.5 Å². The van der Waals surface area contributed by atoms with Gasteiger partial charge in [-0.25, -0.2) is 4.79 Å². The molecule has 1 heterocycles. The van der Waals surface area contributed by atoms with Crippen LogP contribution in [0.2, 0.25) is 0 Å². The molecule has 1 rings (SSSR count). The van der Waals surface area contributed by atoms with Crippen molar-refractivity contribution < 1.29 is 19.4 Å². The quantitative estimate of drug-likeness (QED) is 0.790. The van der Waals surface area contributed by atoms with Crippen molar-refractivity contribution in [1.82, 2.24) is 4.90 Å². The van der Waals surface area contributed by atoms with Gasteiger partial charge in [0.25, 0.3) is 5.91 Å². The molecule has 0 aromatic carbocycles. The van der Waals surface area contributed by atoms with Crippen LogP contribution in [-0.2, 0) is 14.3 Å². The molecule has 0 unspecified atom stereocenters. The number of allylic oxidation sites excluding steroid dienone is 1. The van der Waals surface area contributed by atoms with Crippen LogP contribution in [0.5, 0.6) is 0 Å². The Morgan fingerprint density at radius 2 is 2.12 bits per heavy atom. The second kappa shape index (κ2) is 4.15. The van der Waals surface area contributed by atoms with Gasteiger partial charge in [0, 0.05) is 0 Å². The largest absolute Gasteiger partial charge is 0.480 e. The SMILES string of the molecule is CCC1=C(C)OCN(C(C)(C)C(=O)O)C1=O. The Bertz CT molecular complexity index is 357. The smallest absolute Gasteiger partial charge is 0.329 e. The first-order valence-electron chi connectivity index (χ1n) is 5.20. The molecule has 5 nitrogen and oxygen atoms in total. The second-order valence-electron chi connectivity index (χ2n) is 4.26. The first-order chi connectivity index (χ1) is 7.32. The summed E-state index contributed by atoms with van der Waals surface area (Å²) >= 11 is 0. The van der Waals surface area contributed by atoms with Crippen molar-refractivity contribution in [3.63, 3.8) is 0 Å². The summed E-state index contributed by atoms with van der Waals surface area (Å²) in [4.78, 5) is 24.4. The Hall–Kier alpha value is -1.52. The molecule has 1 aliphatic heterocycles. The Kier molecular flexibility index (Phi) is 3.26. The standard InChI is InChI=1S/C11H17NO4/c1-5-8-7(2)16-6-12(9(8)13)11(3,4)10(14)15/h5-6H2,1-4H3,(H,14,15). The third kappa shape index (κ3) is 1.89. The molecule has 0 saturated heterocycles. The van der Waals surface area contributed by atoms with Gasteiger partial charge in [0.1, 0.15) is 11.3 Å². The molecular formula is C11H17NO4. The molecule has 1 N–H and O–H groups in total. The minimum absolute atomic E-state index is 0.00648. The van der Waals surface area contributed by atoms with Crippen LogP contribution in [0.1, 0.15) is 34.1 Å². The second-order valence-corrected chi connectivity index (χ2v) is 4.26. The van der Waals surface area contributed by atoms with Crippen molar-refractivity contribution in [3.05, 3.63) is 11.3 Å². The van der Waals surface area contributed by atoms with Crippen LogP contribution in [0, 0.1) is 0 Å². The number of aliphatic carboxylic acids is 1. The summed E-state index contributed by atoms with van der Waals surface area (Å²) in [5.74, 6) is -0.706. The molecular weight excluding hydrogens is 210 g/mol. The number of nitrogens with zero attached hydrogens (tertiary/aromatic N) is 1. The molecule has 0 aromatic rings. The van der Waals surface area contributed by atoms with E-state index in [0.717, 1.165) is 0 Å². The van der Waals surface area contributed by atoms with E-state index in [4.69, 9.17) is 9.84 Å². The lowest BCUT2D eigenvalue weighted by molar-refractivity contribution is -0.162. The lowest BCUT2D eigenvalue weighted by Crippen LogP contribution is -2.55. The van der Waals surface area contributed by atoms with Gasteiger partial charge < -0.3 is 9.84 Å². The van der Waals surface area contributed by atoms with Crippen LogP contribution in [0.3, 0.4) is 0 Å². The summed E-state index contributed by atoms with van der Waals surface area (Å²) < 4.78 is 5.32. The highest BCUT2D eigenvalue weighted by molar-refractivity contribution is 5.97. The molecule has 0 spiro atoms. The van der Waals surface area contributed by atoms with E-state index in [-0.39, 0.29) is 12.6 Å². The molecule has 0 bridgehead atoms. The number of hydrogen-bond donors (Lipinski definition) is 1. The van der Waals surface area contributed by atoms with Crippen LogP contribution in [0.4, 0.5) is 0 Å². The minimum Gasteiger partial charge on any atom is -0.480 e. The number of carbonyl (C=O) groups excluding carboxylic acids is 1. The van der Waals surface area contributed by atoms with E-state index >= 15 is 0 Å². The molecule has 0 fully saturated rings. The van der Waals surface area contributed by atoms with Gasteiger partial charge in [-0.05, 0) is 27.2 Å². The number of rotatable bonds is 3. The van der Waals surface area contributed by atoms with E-state index in [1.807, 2.05) is 6.92 Å². The van der Waals surface area contributed by atoms with Crippen molar-refractivity contribution in [3.8, 4) is 0 Å². The van der Waals surface area contributed by atoms with Gasteiger partial charge in [0.05, 0.1) is 5.57 Å². The molecule has 0 aliphatic carbocycles. The monoisotopic (exact) mass is 227 g/mol. The van der Waals surface area contributed by atoms with Crippen LogP contribution in [0.25, 0.3) is 0 Å². The Balaban J connectivity index is 3.05. The number of carboxylic acid groups (broad SMARTS) is 1. The summed E-state index contributed by atoms with van der Waals surface area (Å²) in [6, 6.07) is 0. The van der Waals surface area contributed by atoms with Gasteiger partial charge in [-0.3, -0.25) is 9.69 Å². The summed E-state index contributed by atoms with van der Waals surface area (Å²) in [6.45, 7) is 6.54. The zero-order valence-electron chi connectivity index (χ0n) is 10.0. The third-order valence-electron chi connectivity index (χ3n) is 2.89. The van der Waals surface area contributed by atoms with Crippen LogP contribution in [-0.4, -0.2) is 34.2 Å². The van der Waals surface area contributed by atoms with Crippen molar-refractivity contribution in [2.75, 3.05) is 6.73 Å². The fourth-order valence-corrected chi connectivity index (χ4v) is 1.55. The number of ether oxygens (including phenoxy) is 1.